The first-order valence-corrected chi connectivity index (χ1v) is 4.35. The lowest BCUT2D eigenvalue weighted by molar-refractivity contribution is -0.141. The molecule has 0 spiro atoms. The minimum Gasteiger partial charge on any atom is -0.326 e. The fourth-order valence-electron chi connectivity index (χ4n) is 1.35. The van der Waals surface area contributed by atoms with Gasteiger partial charge in [-0.3, -0.25) is 9.78 Å². The summed E-state index contributed by atoms with van der Waals surface area (Å²) in [6, 6.07) is 0. The third kappa shape index (κ3) is 2.57. The monoisotopic (exact) mass is 254 g/mol. The Morgan fingerprint density at radius 2 is 2.00 bits per heavy atom. The molecule has 0 atom stereocenters. The lowest BCUT2D eigenvalue weighted by Crippen LogP contribution is -2.17. The number of aldehydes is 1. The first-order chi connectivity index (χ1) is 7.82. The van der Waals surface area contributed by atoms with Gasteiger partial charge in [-0.25, -0.2) is 8.78 Å². The van der Waals surface area contributed by atoms with Crippen LogP contribution in [0.25, 0.3) is 0 Å². The Morgan fingerprint density at radius 3 is 2.35 bits per heavy atom. The molecule has 0 saturated carbocycles. The Bertz CT molecular complexity index is 430. The number of nitrogens with two attached hydrogens (primary N) is 1. The van der Waals surface area contributed by atoms with Gasteiger partial charge in [-0.1, -0.05) is 0 Å². The quantitative estimate of drug-likeness (QED) is 0.665. The highest BCUT2D eigenvalue weighted by molar-refractivity contribution is 5.80. The van der Waals surface area contributed by atoms with Crippen molar-refractivity contribution in [2.45, 2.75) is 19.1 Å². The lowest BCUT2D eigenvalue weighted by Gasteiger charge is -2.14. The molecule has 0 saturated heterocycles. The maximum Gasteiger partial charge on any atom is 0.434 e. The highest BCUT2D eigenvalue weighted by Gasteiger charge is 2.38. The third-order valence-electron chi connectivity index (χ3n) is 2.07. The highest BCUT2D eigenvalue weighted by Crippen LogP contribution is 2.35. The van der Waals surface area contributed by atoms with Gasteiger partial charge >= 0.3 is 6.18 Å². The van der Waals surface area contributed by atoms with E-state index in [-0.39, 0.29) is 11.8 Å². The number of carbonyl (C=O) groups is 1. The van der Waals surface area contributed by atoms with Gasteiger partial charge in [-0.15, -0.1) is 0 Å². The van der Waals surface area contributed by atoms with Crippen molar-refractivity contribution in [1.29, 1.82) is 0 Å². The van der Waals surface area contributed by atoms with Crippen molar-refractivity contribution < 1.29 is 26.7 Å². The van der Waals surface area contributed by atoms with Gasteiger partial charge in [0, 0.05) is 18.3 Å². The van der Waals surface area contributed by atoms with Crippen molar-refractivity contribution >= 4 is 6.29 Å². The first-order valence-electron chi connectivity index (χ1n) is 4.35. The number of carbonyl (C=O) groups excluding carboxylic acids is 1. The van der Waals surface area contributed by atoms with Crippen molar-refractivity contribution in [2.75, 3.05) is 0 Å². The second-order valence-electron chi connectivity index (χ2n) is 3.08. The molecule has 0 aliphatic rings. The molecule has 0 aromatic carbocycles. The van der Waals surface area contributed by atoms with Crippen LogP contribution in [0.5, 0.6) is 0 Å². The predicted octanol–water partition coefficient (Wildman–Crippen LogP) is 2.31. The van der Waals surface area contributed by atoms with E-state index in [0.717, 1.165) is 0 Å². The van der Waals surface area contributed by atoms with Gasteiger partial charge in [0.1, 0.15) is 0 Å². The van der Waals surface area contributed by atoms with Crippen molar-refractivity contribution in [3.05, 3.63) is 28.6 Å². The van der Waals surface area contributed by atoms with E-state index in [1.165, 1.54) is 0 Å². The number of hydrogen-bond acceptors (Lipinski definition) is 3. The largest absolute Gasteiger partial charge is 0.434 e. The zero-order valence-electron chi connectivity index (χ0n) is 8.26. The van der Waals surface area contributed by atoms with Gasteiger partial charge in [-0.05, 0) is 5.56 Å². The van der Waals surface area contributed by atoms with Gasteiger partial charge < -0.3 is 5.73 Å². The minimum atomic E-state index is -4.97. The summed E-state index contributed by atoms with van der Waals surface area (Å²) in [7, 11) is 0. The van der Waals surface area contributed by atoms with Crippen LogP contribution in [0.3, 0.4) is 0 Å². The topological polar surface area (TPSA) is 56.0 Å². The van der Waals surface area contributed by atoms with E-state index in [4.69, 9.17) is 5.73 Å². The molecule has 1 aromatic rings. The summed E-state index contributed by atoms with van der Waals surface area (Å²) in [6.45, 7) is -0.425. The molecule has 1 rings (SSSR count). The molecule has 3 nitrogen and oxygen atoms in total. The van der Waals surface area contributed by atoms with Crippen LogP contribution in [0.1, 0.15) is 33.6 Å². The Morgan fingerprint density at radius 1 is 1.41 bits per heavy atom. The molecule has 0 fully saturated rings. The average Bonchev–Trinajstić information content (AvgIpc) is 2.25. The normalized spacial score (nSPS) is 11.9. The fourth-order valence-corrected chi connectivity index (χ4v) is 1.35. The first kappa shape index (κ1) is 13.5. The molecule has 0 aliphatic carbocycles. The smallest absolute Gasteiger partial charge is 0.326 e. The van der Waals surface area contributed by atoms with Gasteiger partial charge in [-0.2, -0.15) is 13.2 Å². The molecule has 0 bridgehead atoms. The number of nitrogens with zero attached hydrogens (tertiary/aromatic N) is 1. The molecule has 1 heterocycles. The van der Waals surface area contributed by atoms with E-state index in [2.05, 4.69) is 4.98 Å². The maximum absolute atomic E-state index is 12.6. The molecular weight excluding hydrogens is 247 g/mol. The number of halogens is 5. The molecule has 8 heteroatoms. The summed E-state index contributed by atoms with van der Waals surface area (Å²) in [5.74, 6) is 0. The number of rotatable bonds is 3. The van der Waals surface area contributed by atoms with Crippen molar-refractivity contribution in [2.24, 2.45) is 5.73 Å². The molecule has 94 valence electrons. The van der Waals surface area contributed by atoms with E-state index in [0.29, 0.717) is 6.20 Å². The van der Waals surface area contributed by atoms with E-state index >= 15 is 0 Å². The fraction of sp³-hybridized carbons (Fsp3) is 0.333. The van der Waals surface area contributed by atoms with Crippen LogP contribution in [-0.2, 0) is 12.7 Å². The number of pyridine rings is 1. The molecule has 0 amide bonds. The summed E-state index contributed by atoms with van der Waals surface area (Å²) in [5, 5.41) is 0. The summed E-state index contributed by atoms with van der Waals surface area (Å²) in [5.41, 5.74) is 1.03. The van der Waals surface area contributed by atoms with E-state index in [1.54, 1.807) is 0 Å². The van der Waals surface area contributed by atoms with Crippen LogP contribution in [0.4, 0.5) is 22.0 Å². The van der Waals surface area contributed by atoms with Crippen molar-refractivity contribution in [1.82, 2.24) is 4.98 Å². The number of aromatic nitrogens is 1. The van der Waals surface area contributed by atoms with Crippen LogP contribution in [0.2, 0.25) is 0 Å². The van der Waals surface area contributed by atoms with Gasteiger partial charge in [0.25, 0.3) is 6.43 Å². The van der Waals surface area contributed by atoms with Crippen LogP contribution >= 0.6 is 0 Å². The molecule has 1 aromatic heterocycles. The van der Waals surface area contributed by atoms with E-state index in [1.807, 2.05) is 0 Å². The Kier molecular flexibility index (Phi) is 3.76. The van der Waals surface area contributed by atoms with E-state index in [9.17, 15) is 26.7 Å². The zero-order chi connectivity index (χ0) is 13.2. The molecule has 0 unspecified atom stereocenters. The Balaban J connectivity index is 3.58. The van der Waals surface area contributed by atoms with Crippen LogP contribution in [0.15, 0.2) is 6.20 Å². The molecule has 0 radical (unpaired) electrons. The molecule has 0 aliphatic heterocycles. The Hall–Kier alpha value is -1.57. The predicted molar refractivity (Wildman–Crippen MR) is 47.5 cm³/mol. The molecular formula is C9H7F5N2O. The average molecular weight is 254 g/mol. The summed E-state index contributed by atoms with van der Waals surface area (Å²) in [6.07, 6.45) is -7.86. The van der Waals surface area contributed by atoms with Crippen LogP contribution < -0.4 is 5.73 Å². The van der Waals surface area contributed by atoms with Crippen molar-refractivity contribution in [3.8, 4) is 0 Å². The SMILES string of the molecule is NCc1cnc(C(F)(F)F)c(C=O)c1C(F)F. The summed E-state index contributed by atoms with van der Waals surface area (Å²) >= 11 is 0. The zero-order valence-corrected chi connectivity index (χ0v) is 8.26. The number of alkyl halides is 5. The van der Waals surface area contributed by atoms with Crippen molar-refractivity contribution in [3.63, 3.8) is 0 Å². The standard InChI is InChI=1S/C9H7F5N2O/c10-8(11)6-4(1-15)2-16-7(5(6)3-17)9(12,13)14/h2-3,8H,1,15H2. The molecule has 2 N–H and O–H groups in total. The maximum atomic E-state index is 12.6. The molecule has 17 heavy (non-hydrogen) atoms. The van der Waals surface area contributed by atoms with E-state index < -0.39 is 36.0 Å². The minimum absolute atomic E-state index is 0.281. The lowest BCUT2D eigenvalue weighted by atomic mass is 10.0. The van der Waals surface area contributed by atoms with Crippen LogP contribution in [-0.4, -0.2) is 11.3 Å². The summed E-state index contributed by atoms with van der Waals surface area (Å²) < 4.78 is 62.5. The summed E-state index contributed by atoms with van der Waals surface area (Å²) in [4.78, 5) is 13.5. The van der Waals surface area contributed by atoms with Gasteiger partial charge in [0.05, 0.1) is 5.56 Å². The second kappa shape index (κ2) is 4.74. The van der Waals surface area contributed by atoms with Gasteiger partial charge in [0.15, 0.2) is 12.0 Å². The van der Waals surface area contributed by atoms with Gasteiger partial charge in [0.2, 0.25) is 0 Å². The highest BCUT2D eigenvalue weighted by atomic mass is 19.4. The third-order valence-corrected chi connectivity index (χ3v) is 2.07. The van der Waals surface area contributed by atoms with Crippen LogP contribution in [0, 0.1) is 0 Å². The number of hydrogen-bond donors (Lipinski definition) is 1. The second-order valence-corrected chi connectivity index (χ2v) is 3.08. The Labute approximate surface area is 92.4 Å².